The maximum atomic E-state index is 12.9. The summed E-state index contributed by atoms with van der Waals surface area (Å²) in [5.74, 6) is -0.889. The molecule has 0 bridgehead atoms. The van der Waals surface area contributed by atoms with E-state index in [0.29, 0.717) is 19.3 Å². The monoisotopic (exact) mass is 1020 g/mol. The summed E-state index contributed by atoms with van der Waals surface area (Å²) >= 11 is 0. The lowest BCUT2D eigenvalue weighted by molar-refractivity contribution is -0.167. The molecule has 420 valence electrons. The van der Waals surface area contributed by atoms with Gasteiger partial charge in [-0.05, 0) is 96.3 Å². The van der Waals surface area contributed by atoms with Gasteiger partial charge in [0.1, 0.15) is 13.2 Å². The summed E-state index contributed by atoms with van der Waals surface area (Å²) in [4.78, 5) is 38.2. The highest BCUT2D eigenvalue weighted by molar-refractivity contribution is 5.71. The SMILES string of the molecule is CC/C=C\C/C=C\C/C=C\C/C=C\C/C=C\C/C=C\CCCCCCCCC(=O)OCC(COC(=O)CCCCCCCCCCCCCCC)OC(=O)CCCCCCCCC/C=C\CCCCCCCC. The van der Waals surface area contributed by atoms with E-state index in [-0.39, 0.29) is 31.1 Å². The minimum absolute atomic E-state index is 0.0803. The summed E-state index contributed by atoms with van der Waals surface area (Å²) in [6, 6.07) is 0. The van der Waals surface area contributed by atoms with Crippen molar-refractivity contribution in [1.29, 1.82) is 0 Å². The number of hydrogen-bond acceptors (Lipinski definition) is 6. The van der Waals surface area contributed by atoms with Crippen molar-refractivity contribution in [2.75, 3.05) is 13.2 Å². The van der Waals surface area contributed by atoms with Crippen LogP contribution in [0, 0.1) is 0 Å². The molecule has 0 aromatic rings. The van der Waals surface area contributed by atoms with Crippen LogP contribution in [0.15, 0.2) is 85.1 Å². The predicted octanol–water partition coefficient (Wildman–Crippen LogP) is 21.1. The van der Waals surface area contributed by atoms with Crippen LogP contribution in [0.4, 0.5) is 0 Å². The van der Waals surface area contributed by atoms with Gasteiger partial charge in [0.2, 0.25) is 0 Å². The van der Waals surface area contributed by atoms with E-state index in [1.54, 1.807) is 0 Å². The lowest BCUT2D eigenvalue weighted by atomic mass is 10.0. The third kappa shape index (κ3) is 59.3. The van der Waals surface area contributed by atoms with E-state index < -0.39 is 6.10 Å². The Morgan fingerprint density at radius 2 is 0.534 bits per heavy atom. The van der Waals surface area contributed by atoms with Gasteiger partial charge < -0.3 is 14.2 Å². The van der Waals surface area contributed by atoms with Crippen LogP contribution in [0.3, 0.4) is 0 Å². The minimum atomic E-state index is -0.784. The first-order chi connectivity index (χ1) is 36.0. The zero-order valence-corrected chi connectivity index (χ0v) is 48.1. The molecule has 6 heteroatoms. The first-order valence-corrected chi connectivity index (χ1v) is 31.1. The average Bonchev–Trinajstić information content (AvgIpc) is 3.39. The Morgan fingerprint density at radius 1 is 0.288 bits per heavy atom. The van der Waals surface area contributed by atoms with E-state index in [4.69, 9.17) is 14.2 Å². The fourth-order valence-electron chi connectivity index (χ4n) is 8.74. The molecule has 0 heterocycles. The van der Waals surface area contributed by atoms with Crippen LogP contribution in [-0.4, -0.2) is 37.2 Å². The van der Waals surface area contributed by atoms with Gasteiger partial charge in [-0.25, -0.2) is 0 Å². The number of allylic oxidation sites excluding steroid dienone is 14. The molecule has 0 rings (SSSR count). The second-order valence-corrected chi connectivity index (χ2v) is 20.6. The van der Waals surface area contributed by atoms with E-state index in [1.807, 2.05) is 0 Å². The van der Waals surface area contributed by atoms with Crippen molar-refractivity contribution in [3.8, 4) is 0 Å². The summed E-state index contributed by atoms with van der Waals surface area (Å²) in [6.45, 7) is 6.53. The Morgan fingerprint density at radius 3 is 0.849 bits per heavy atom. The van der Waals surface area contributed by atoms with Gasteiger partial charge in [-0.1, -0.05) is 273 Å². The van der Waals surface area contributed by atoms with Gasteiger partial charge in [0.25, 0.3) is 0 Å². The highest BCUT2D eigenvalue weighted by atomic mass is 16.6. The van der Waals surface area contributed by atoms with Crippen molar-refractivity contribution in [2.24, 2.45) is 0 Å². The Balaban J connectivity index is 4.36. The van der Waals surface area contributed by atoms with Gasteiger partial charge in [-0.15, -0.1) is 0 Å². The number of rotatable bonds is 56. The lowest BCUT2D eigenvalue weighted by Gasteiger charge is -2.18. The molecule has 0 aliphatic rings. The number of hydrogen-bond donors (Lipinski definition) is 0. The zero-order valence-electron chi connectivity index (χ0n) is 48.1. The first-order valence-electron chi connectivity index (χ1n) is 31.1. The Labute approximate surface area is 452 Å². The average molecular weight is 1020 g/mol. The quantitative estimate of drug-likeness (QED) is 0.0261. The summed E-state index contributed by atoms with van der Waals surface area (Å²) < 4.78 is 16.9. The van der Waals surface area contributed by atoms with E-state index >= 15 is 0 Å². The van der Waals surface area contributed by atoms with Gasteiger partial charge in [0, 0.05) is 19.3 Å². The zero-order chi connectivity index (χ0) is 52.9. The topological polar surface area (TPSA) is 78.9 Å². The van der Waals surface area contributed by atoms with E-state index in [1.165, 1.54) is 154 Å². The standard InChI is InChI=1S/C67H116O6/c1-4-7-10-13-16-19-22-25-27-29-30-31-32-33-34-35-36-38-39-42-45-48-51-54-57-60-66(69)72-63-64(62-71-65(68)59-56-53-50-47-44-41-24-21-18-15-12-9-6-3)73-67(70)61-58-55-52-49-46-43-40-37-28-26-23-20-17-14-11-8-5-2/h7,10,16,19,25-28,30-31,33-34,36,38,64H,4-6,8-9,11-15,17-18,20-24,29,32,35,37,39-63H2,1-3H3/b10-7-,19-16-,27-25-,28-26-,31-30-,34-33-,38-36-. The second kappa shape index (κ2) is 61.1. The van der Waals surface area contributed by atoms with Gasteiger partial charge in [-0.2, -0.15) is 0 Å². The van der Waals surface area contributed by atoms with Crippen molar-refractivity contribution >= 4 is 17.9 Å². The number of carbonyl (C=O) groups excluding carboxylic acids is 3. The Bertz CT molecular complexity index is 1400. The number of esters is 3. The largest absolute Gasteiger partial charge is 0.462 e. The molecule has 0 aromatic carbocycles. The van der Waals surface area contributed by atoms with Gasteiger partial charge in [0.15, 0.2) is 6.10 Å². The van der Waals surface area contributed by atoms with Gasteiger partial charge >= 0.3 is 17.9 Å². The molecule has 0 aromatic heterocycles. The molecule has 6 nitrogen and oxygen atoms in total. The van der Waals surface area contributed by atoms with Crippen LogP contribution >= 0.6 is 0 Å². The molecule has 0 saturated heterocycles. The van der Waals surface area contributed by atoms with E-state index in [0.717, 1.165) is 109 Å². The van der Waals surface area contributed by atoms with Crippen LogP contribution in [0.5, 0.6) is 0 Å². The molecular weight excluding hydrogens is 901 g/mol. The van der Waals surface area contributed by atoms with Gasteiger partial charge in [-0.3, -0.25) is 14.4 Å². The van der Waals surface area contributed by atoms with Crippen LogP contribution in [0.2, 0.25) is 0 Å². The second-order valence-electron chi connectivity index (χ2n) is 20.6. The van der Waals surface area contributed by atoms with Crippen molar-refractivity contribution < 1.29 is 28.6 Å². The normalized spacial score (nSPS) is 12.6. The molecule has 0 fully saturated rings. The Kier molecular flexibility index (Phi) is 58.3. The summed E-state index contributed by atoms with van der Waals surface area (Å²) in [5, 5.41) is 0. The maximum Gasteiger partial charge on any atom is 0.306 e. The molecule has 1 unspecified atom stereocenters. The molecule has 0 N–H and O–H groups in total. The Hall–Kier alpha value is -3.41. The molecular formula is C67H116O6. The third-order valence-corrected chi connectivity index (χ3v) is 13.4. The molecule has 0 radical (unpaired) electrons. The van der Waals surface area contributed by atoms with Crippen LogP contribution in [0.1, 0.15) is 303 Å². The molecule has 0 aliphatic heterocycles. The first kappa shape index (κ1) is 69.6. The number of unbranched alkanes of at least 4 members (excludes halogenated alkanes) is 31. The van der Waals surface area contributed by atoms with E-state index in [9.17, 15) is 14.4 Å². The van der Waals surface area contributed by atoms with Crippen molar-refractivity contribution in [3.05, 3.63) is 85.1 Å². The third-order valence-electron chi connectivity index (χ3n) is 13.4. The van der Waals surface area contributed by atoms with Crippen LogP contribution < -0.4 is 0 Å². The fraction of sp³-hybridized carbons (Fsp3) is 0.746. The molecule has 0 amide bonds. The number of carbonyl (C=O) groups is 3. The summed E-state index contributed by atoms with van der Waals surface area (Å²) in [5.41, 5.74) is 0. The minimum Gasteiger partial charge on any atom is -0.462 e. The highest BCUT2D eigenvalue weighted by Gasteiger charge is 2.19. The molecule has 1 atom stereocenters. The van der Waals surface area contributed by atoms with Crippen molar-refractivity contribution in [3.63, 3.8) is 0 Å². The molecule has 0 spiro atoms. The molecule has 0 saturated carbocycles. The van der Waals surface area contributed by atoms with Crippen LogP contribution in [-0.2, 0) is 28.6 Å². The number of ether oxygens (including phenoxy) is 3. The molecule has 0 aliphatic carbocycles. The maximum absolute atomic E-state index is 12.9. The van der Waals surface area contributed by atoms with Crippen molar-refractivity contribution in [1.82, 2.24) is 0 Å². The van der Waals surface area contributed by atoms with Crippen molar-refractivity contribution in [2.45, 2.75) is 309 Å². The molecule has 73 heavy (non-hydrogen) atoms. The smallest absolute Gasteiger partial charge is 0.306 e. The summed E-state index contributed by atoms with van der Waals surface area (Å²) in [7, 11) is 0. The fourth-order valence-corrected chi connectivity index (χ4v) is 8.74. The predicted molar refractivity (Wildman–Crippen MR) is 316 cm³/mol. The summed E-state index contributed by atoms with van der Waals surface area (Å²) in [6.07, 6.45) is 80.0. The highest BCUT2D eigenvalue weighted by Crippen LogP contribution is 2.16. The van der Waals surface area contributed by atoms with Crippen LogP contribution in [0.25, 0.3) is 0 Å². The lowest BCUT2D eigenvalue weighted by Crippen LogP contribution is -2.30. The van der Waals surface area contributed by atoms with E-state index in [2.05, 4.69) is 106 Å². The van der Waals surface area contributed by atoms with Gasteiger partial charge in [0.05, 0.1) is 0 Å².